The lowest BCUT2D eigenvalue weighted by molar-refractivity contribution is 0.0600. The minimum absolute atomic E-state index is 0.0393. The molecule has 0 radical (unpaired) electrons. The molecule has 2 aliphatic rings. The first-order valence-electron chi connectivity index (χ1n) is 12.9. The zero-order valence-corrected chi connectivity index (χ0v) is 21.6. The van der Waals surface area contributed by atoms with E-state index in [0.29, 0.717) is 44.2 Å². The number of amides is 1. The van der Waals surface area contributed by atoms with Crippen molar-refractivity contribution in [1.82, 2.24) is 10.2 Å². The average Bonchev–Trinajstić information content (AvgIpc) is 3.40. The summed E-state index contributed by atoms with van der Waals surface area (Å²) in [5.74, 6) is 1.87. The van der Waals surface area contributed by atoms with E-state index in [4.69, 9.17) is 18.9 Å². The second-order valence-electron chi connectivity index (χ2n) is 9.57. The molecule has 0 aromatic heterocycles. The molecular formula is C30H32N2O6. The molecule has 1 amide bonds. The molecule has 8 nitrogen and oxygen atoms in total. The highest BCUT2D eigenvalue weighted by Gasteiger charge is 2.37. The van der Waals surface area contributed by atoms with E-state index in [2.05, 4.69) is 30.4 Å². The van der Waals surface area contributed by atoms with E-state index in [0.717, 1.165) is 17.1 Å². The van der Waals surface area contributed by atoms with Gasteiger partial charge in [0.2, 0.25) is 0 Å². The number of para-hydroxylation sites is 1. The number of hydrogen-bond donors (Lipinski definition) is 1. The Morgan fingerprint density at radius 3 is 2.50 bits per heavy atom. The lowest BCUT2D eigenvalue weighted by atomic mass is 9.88. The molecule has 1 unspecified atom stereocenters. The van der Waals surface area contributed by atoms with Crippen LogP contribution in [-0.4, -0.2) is 56.9 Å². The van der Waals surface area contributed by atoms with E-state index in [1.807, 2.05) is 30.3 Å². The Labute approximate surface area is 222 Å². The third kappa shape index (κ3) is 5.60. The molecular weight excluding hydrogens is 484 g/mol. The highest BCUT2D eigenvalue weighted by Crippen LogP contribution is 2.38. The Bertz CT molecular complexity index is 1260. The number of methoxy groups -OCH3 is 1. The van der Waals surface area contributed by atoms with Gasteiger partial charge in [0, 0.05) is 37.2 Å². The summed E-state index contributed by atoms with van der Waals surface area (Å²) in [6, 6.07) is 22.6. The van der Waals surface area contributed by atoms with Crippen LogP contribution in [0.2, 0.25) is 0 Å². The number of carbonyl (C=O) groups excluding carboxylic acids is 2. The highest BCUT2D eigenvalue weighted by molar-refractivity contribution is 5.89. The zero-order valence-electron chi connectivity index (χ0n) is 21.6. The first kappa shape index (κ1) is 25.6. The fourth-order valence-electron chi connectivity index (χ4n) is 5.12. The van der Waals surface area contributed by atoms with Crippen molar-refractivity contribution < 1.29 is 28.5 Å². The Balaban J connectivity index is 1.27. The van der Waals surface area contributed by atoms with E-state index in [1.165, 1.54) is 12.7 Å². The van der Waals surface area contributed by atoms with Gasteiger partial charge in [-0.05, 0) is 48.7 Å². The van der Waals surface area contributed by atoms with Crippen LogP contribution in [0, 0.1) is 5.92 Å². The van der Waals surface area contributed by atoms with Gasteiger partial charge in [-0.15, -0.1) is 0 Å². The van der Waals surface area contributed by atoms with E-state index >= 15 is 0 Å². The third-order valence-corrected chi connectivity index (χ3v) is 7.16. The number of carbonyl (C=O) groups is 2. The monoisotopic (exact) mass is 516 g/mol. The van der Waals surface area contributed by atoms with Crippen LogP contribution in [0.3, 0.4) is 0 Å². The fraction of sp³-hybridized carbons (Fsp3) is 0.333. The van der Waals surface area contributed by atoms with E-state index in [1.54, 1.807) is 29.2 Å². The maximum Gasteiger partial charge on any atom is 0.415 e. The van der Waals surface area contributed by atoms with Crippen molar-refractivity contribution in [2.75, 3.05) is 40.0 Å². The van der Waals surface area contributed by atoms with Crippen molar-refractivity contribution in [2.45, 2.75) is 18.9 Å². The van der Waals surface area contributed by atoms with Crippen molar-refractivity contribution in [3.05, 3.63) is 89.5 Å². The van der Waals surface area contributed by atoms with Crippen molar-refractivity contribution >= 4 is 12.1 Å². The smallest absolute Gasteiger partial charge is 0.415 e. The largest absolute Gasteiger partial charge is 0.486 e. The molecule has 38 heavy (non-hydrogen) atoms. The molecule has 0 saturated carbocycles. The van der Waals surface area contributed by atoms with Gasteiger partial charge in [-0.1, -0.05) is 42.5 Å². The number of benzene rings is 3. The molecule has 198 valence electrons. The number of fused-ring (bicyclic) bond motifs is 1. The number of ether oxygens (including phenoxy) is 4. The molecule has 2 heterocycles. The lowest BCUT2D eigenvalue weighted by Gasteiger charge is -2.26. The van der Waals surface area contributed by atoms with Gasteiger partial charge in [-0.25, -0.2) is 9.59 Å². The molecule has 2 aliphatic heterocycles. The van der Waals surface area contributed by atoms with Gasteiger partial charge < -0.3 is 29.2 Å². The average molecular weight is 517 g/mol. The maximum atomic E-state index is 13.1. The number of hydrogen-bond acceptors (Lipinski definition) is 7. The predicted molar refractivity (Wildman–Crippen MR) is 142 cm³/mol. The summed E-state index contributed by atoms with van der Waals surface area (Å²) in [5, 5.41) is 3.66. The summed E-state index contributed by atoms with van der Waals surface area (Å²) in [6.45, 7) is 5.04. The van der Waals surface area contributed by atoms with E-state index < -0.39 is 12.1 Å². The predicted octanol–water partition coefficient (Wildman–Crippen LogP) is 4.81. The van der Waals surface area contributed by atoms with Gasteiger partial charge in [0.25, 0.3) is 0 Å². The van der Waals surface area contributed by atoms with Crippen LogP contribution in [0.1, 0.15) is 40.4 Å². The van der Waals surface area contributed by atoms with Crippen LogP contribution < -0.4 is 19.5 Å². The Kier molecular flexibility index (Phi) is 7.79. The van der Waals surface area contributed by atoms with Gasteiger partial charge in [0.05, 0.1) is 12.7 Å². The lowest BCUT2D eigenvalue weighted by Crippen LogP contribution is -2.33. The number of nitrogens with zero attached hydrogens (tertiary/aromatic N) is 1. The summed E-state index contributed by atoms with van der Waals surface area (Å²) in [7, 11) is 1.33. The zero-order chi connectivity index (χ0) is 26.5. The molecule has 5 rings (SSSR count). The second-order valence-corrected chi connectivity index (χ2v) is 9.57. The van der Waals surface area contributed by atoms with Gasteiger partial charge >= 0.3 is 12.1 Å². The topological polar surface area (TPSA) is 86.3 Å². The molecule has 0 aliphatic carbocycles. The van der Waals surface area contributed by atoms with Crippen LogP contribution in [-0.2, 0) is 4.74 Å². The molecule has 8 heteroatoms. The molecule has 3 atom stereocenters. The molecule has 0 spiro atoms. The molecule has 0 bridgehead atoms. The minimum atomic E-state index is -0.437. The van der Waals surface area contributed by atoms with Crippen molar-refractivity contribution in [2.24, 2.45) is 5.92 Å². The third-order valence-electron chi connectivity index (χ3n) is 7.16. The summed E-state index contributed by atoms with van der Waals surface area (Å²) in [4.78, 5) is 26.5. The Morgan fingerprint density at radius 1 is 0.974 bits per heavy atom. The second kappa shape index (κ2) is 11.6. The molecule has 3 aromatic carbocycles. The first-order chi connectivity index (χ1) is 18.5. The Morgan fingerprint density at radius 2 is 1.74 bits per heavy atom. The number of nitrogens with one attached hydrogen (secondary N) is 1. The normalized spacial score (nSPS) is 19.1. The van der Waals surface area contributed by atoms with Gasteiger partial charge in [-0.3, -0.25) is 0 Å². The SMILES string of the molecule is COC(=O)c1ccc(OC(=O)N2C[C@H](CNC(C)c3cccc4c3OCCO4)[C@@H](c3ccccc3)C2)cc1. The van der Waals surface area contributed by atoms with Crippen molar-refractivity contribution in [3.63, 3.8) is 0 Å². The quantitative estimate of drug-likeness (QED) is 0.451. The van der Waals surface area contributed by atoms with Crippen LogP contribution in [0.15, 0.2) is 72.8 Å². The minimum Gasteiger partial charge on any atom is -0.486 e. The van der Waals surface area contributed by atoms with E-state index in [-0.39, 0.29) is 17.9 Å². The fourth-order valence-corrected chi connectivity index (χ4v) is 5.12. The maximum absolute atomic E-state index is 13.1. The molecule has 1 saturated heterocycles. The molecule has 1 fully saturated rings. The number of likely N-dealkylation sites (tertiary alicyclic amines) is 1. The standard InChI is InChI=1S/C30H32N2O6/c1-20(25-9-6-10-27-28(25)37-16-15-36-27)31-17-23-18-32(19-26(23)21-7-4-3-5-8-21)30(34)38-24-13-11-22(12-14-24)29(33)35-2/h3-14,20,23,26,31H,15-19H2,1-2H3/t20?,23-,26+/m0/s1. The van der Waals surface area contributed by atoms with E-state index in [9.17, 15) is 9.59 Å². The summed E-state index contributed by atoms with van der Waals surface area (Å²) in [5.41, 5.74) is 2.65. The van der Waals surface area contributed by atoms with Gasteiger partial charge in [-0.2, -0.15) is 0 Å². The number of esters is 1. The summed E-state index contributed by atoms with van der Waals surface area (Å²) in [6.07, 6.45) is -0.407. The summed E-state index contributed by atoms with van der Waals surface area (Å²) >= 11 is 0. The van der Waals surface area contributed by atoms with Crippen LogP contribution >= 0.6 is 0 Å². The Hall–Kier alpha value is -4.04. The number of rotatable bonds is 7. The molecule has 1 N–H and O–H groups in total. The summed E-state index contributed by atoms with van der Waals surface area (Å²) < 4.78 is 22.0. The van der Waals surface area contributed by atoms with Crippen molar-refractivity contribution in [1.29, 1.82) is 0 Å². The van der Waals surface area contributed by atoms with Gasteiger partial charge in [0.1, 0.15) is 19.0 Å². The van der Waals surface area contributed by atoms with Crippen LogP contribution in [0.5, 0.6) is 17.2 Å². The van der Waals surface area contributed by atoms with Crippen LogP contribution in [0.4, 0.5) is 4.79 Å². The van der Waals surface area contributed by atoms with Crippen molar-refractivity contribution in [3.8, 4) is 17.2 Å². The van der Waals surface area contributed by atoms with Gasteiger partial charge in [0.15, 0.2) is 11.5 Å². The highest BCUT2D eigenvalue weighted by atomic mass is 16.6. The first-order valence-corrected chi connectivity index (χ1v) is 12.9. The molecule has 3 aromatic rings. The van der Waals surface area contributed by atoms with Crippen LogP contribution in [0.25, 0.3) is 0 Å².